The Morgan fingerprint density at radius 2 is 1.85 bits per heavy atom. The number of nitrogens with two attached hydrogens (primary N) is 1. The van der Waals surface area contributed by atoms with Gasteiger partial charge in [0.25, 0.3) is 0 Å². The number of imide groups is 1. The van der Waals surface area contributed by atoms with Gasteiger partial charge in [0.15, 0.2) is 0 Å². The van der Waals surface area contributed by atoms with E-state index in [2.05, 4.69) is 10.6 Å². The van der Waals surface area contributed by atoms with Crippen molar-refractivity contribution >= 4 is 40.9 Å². The Kier molecular flexibility index (Phi) is 4.84. The molecule has 0 radical (unpaired) electrons. The van der Waals surface area contributed by atoms with E-state index in [4.69, 9.17) is 17.3 Å². The van der Waals surface area contributed by atoms with Gasteiger partial charge in [-0.2, -0.15) is 0 Å². The van der Waals surface area contributed by atoms with Gasteiger partial charge in [0, 0.05) is 28.7 Å². The van der Waals surface area contributed by atoms with E-state index in [-0.39, 0.29) is 13.0 Å². The average Bonchev–Trinajstić information content (AvgIpc) is 3.33. The number of hydrogen-bond donors (Lipinski definition) is 3. The Bertz CT molecular complexity index is 1240. The first-order chi connectivity index (χ1) is 15.7. The van der Waals surface area contributed by atoms with Crippen molar-refractivity contribution in [3.63, 3.8) is 0 Å². The number of carbonyl (C=O) groups is 4. The number of nitrogens with zero attached hydrogens (tertiary/aromatic N) is 1. The van der Waals surface area contributed by atoms with Crippen molar-refractivity contribution in [2.24, 2.45) is 17.6 Å². The molecule has 0 aliphatic carbocycles. The molecule has 2 fully saturated rings. The number of anilines is 1. The first-order valence-electron chi connectivity index (χ1n) is 10.7. The van der Waals surface area contributed by atoms with Crippen LogP contribution in [0.5, 0.6) is 0 Å². The molecule has 4 N–H and O–H groups in total. The molecule has 0 aromatic heterocycles. The molecule has 8 nitrogen and oxygen atoms in total. The number of carbonyl (C=O) groups excluding carboxylic acids is 4. The van der Waals surface area contributed by atoms with E-state index in [1.54, 1.807) is 30.3 Å². The molecule has 0 unspecified atom stereocenters. The second kappa shape index (κ2) is 7.40. The lowest BCUT2D eigenvalue weighted by Gasteiger charge is -2.29. The number of amides is 4. The molecule has 0 saturated carbocycles. The van der Waals surface area contributed by atoms with Crippen LogP contribution in [-0.2, 0) is 31.3 Å². The van der Waals surface area contributed by atoms with Crippen LogP contribution in [0, 0.1) is 25.7 Å². The molecule has 9 heteroatoms. The number of halogens is 1. The molecule has 2 saturated heterocycles. The van der Waals surface area contributed by atoms with Gasteiger partial charge >= 0.3 is 0 Å². The van der Waals surface area contributed by atoms with Crippen LogP contribution in [0.25, 0.3) is 0 Å². The Labute approximate surface area is 195 Å². The monoisotopic (exact) mass is 466 g/mol. The summed E-state index contributed by atoms with van der Waals surface area (Å²) in [6, 6.07) is 9.91. The minimum Gasteiger partial charge on any atom is -0.370 e. The molecule has 3 aliphatic rings. The lowest BCUT2D eigenvalue weighted by atomic mass is 9.76. The number of nitrogens with one attached hydrogen (secondary N) is 2. The molecule has 0 bridgehead atoms. The van der Waals surface area contributed by atoms with E-state index in [9.17, 15) is 19.2 Å². The van der Waals surface area contributed by atoms with Crippen molar-refractivity contribution in [3.8, 4) is 0 Å². The van der Waals surface area contributed by atoms with Crippen molar-refractivity contribution in [3.05, 3.63) is 63.7 Å². The zero-order valence-corrected chi connectivity index (χ0v) is 18.9. The zero-order chi connectivity index (χ0) is 23.7. The number of rotatable bonds is 4. The standard InChI is InChI=1S/C24H23ClN4O4/c1-11-7-8-14-20(12(11)2)27-23(33)24(14)19-18(16(28-24)9-17(26)30)21(31)29(22(19)32)10-13-5-3-4-6-15(13)25/h3-8,16,18-19,28H,9-10H2,1-2H3,(H2,26,30)(H,27,33)/t16-,18-,19+,24+/m1/s1. The van der Waals surface area contributed by atoms with Gasteiger partial charge in [-0.1, -0.05) is 41.9 Å². The van der Waals surface area contributed by atoms with Crippen molar-refractivity contribution < 1.29 is 19.2 Å². The van der Waals surface area contributed by atoms with Crippen LogP contribution in [-0.4, -0.2) is 34.6 Å². The maximum atomic E-state index is 13.7. The van der Waals surface area contributed by atoms with Gasteiger partial charge in [0.1, 0.15) is 5.54 Å². The molecular weight excluding hydrogens is 444 g/mol. The normalized spacial score (nSPS) is 27.8. The summed E-state index contributed by atoms with van der Waals surface area (Å²) in [5.41, 5.74) is 7.75. The summed E-state index contributed by atoms with van der Waals surface area (Å²) in [6.07, 6.45) is -0.171. The van der Waals surface area contributed by atoms with Crippen LogP contribution < -0.4 is 16.4 Å². The van der Waals surface area contributed by atoms with Gasteiger partial charge in [-0.25, -0.2) is 0 Å². The lowest BCUT2D eigenvalue weighted by Crippen LogP contribution is -2.53. The molecule has 4 amide bonds. The highest BCUT2D eigenvalue weighted by Crippen LogP contribution is 2.54. The summed E-state index contributed by atoms with van der Waals surface area (Å²) in [5, 5.41) is 6.55. The first kappa shape index (κ1) is 21.6. The van der Waals surface area contributed by atoms with E-state index >= 15 is 0 Å². The van der Waals surface area contributed by atoms with Crippen molar-refractivity contribution in [1.82, 2.24) is 10.2 Å². The molecule has 33 heavy (non-hydrogen) atoms. The predicted octanol–water partition coefficient (Wildman–Crippen LogP) is 1.75. The van der Waals surface area contributed by atoms with Crippen LogP contribution in [0.4, 0.5) is 5.69 Å². The van der Waals surface area contributed by atoms with Crippen molar-refractivity contribution in [2.75, 3.05) is 5.32 Å². The highest BCUT2D eigenvalue weighted by atomic mass is 35.5. The average molecular weight is 467 g/mol. The third-order valence-corrected chi connectivity index (χ3v) is 7.59. The van der Waals surface area contributed by atoms with Crippen LogP contribution in [0.2, 0.25) is 5.02 Å². The molecule has 2 aromatic carbocycles. The Balaban J connectivity index is 1.63. The molecule has 5 rings (SSSR count). The van der Waals surface area contributed by atoms with Crippen LogP contribution in [0.15, 0.2) is 36.4 Å². The smallest absolute Gasteiger partial charge is 0.250 e. The second-order valence-corrected chi connectivity index (χ2v) is 9.38. The highest BCUT2D eigenvalue weighted by Gasteiger charge is 2.70. The first-order valence-corrected chi connectivity index (χ1v) is 11.1. The van der Waals surface area contributed by atoms with Gasteiger partial charge < -0.3 is 11.1 Å². The van der Waals surface area contributed by atoms with E-state index in [0.29, 0.717) is 21.8 Å². The molecule has 2 aromatic rings. The van der Waals surface area contributed by atoms with Gasteiger partial charge in [-0.15, -0.1) is 0 Å². The summed E-state index contributed by atoms with van der Waals surface area (Å²) in [6.45, 7) is 3.82. The molecule has 4 atom stereocenters. The molecule has 3 heterocycles. The number of aryl methyl sites for hydroxylation is 1. The third kappa shape index (κ3) is 2.94. The van der Waals surface area contributed by atoms with E-state index < -0.39 is 47.0 Å². The second-order valence-electron chi connectivity index (χ2n) is 8.97. The maximum Gasteiger partial charge on any atom is 0.250 e. The van der Waals surface area contributed by atoms with E-state index in [1.165, 1.54) is 0 Å². The summed E-state index contributed by atoms with van der Waals surface area (Å²) in [5.74, 6) is -3.83. The zero-order valence-electron chi connectivity index (χ0n) is 18.1. The SMILES string of the molecule is Cc1ccc2c(c1C)NC(=O)[C@]21N[C@H](CC(N)=O)[C@H]2C(=O)N(Cc3ccccc3Cl)C(=O)[C@H]21. The fourth-order valence-corrected chi connectivity index (χ4v) is 5.72. The van der Waals surface area contributed by atoms with Gasteiger partial charge in [0.2, 0.25) is 23.6 Å². The third-order valence-electron chi connectivity index (χ3n) is 7.22. The number of likely N-dealkylation sites (tertiary alicyclic amines) is 1. The predicted molar refractivity (Wildman–Crippen MR) is 121 cm³/mol. The molecular formula is C24H23ClN4O4. The number of fused-ring (bicyclic) bond motifs is 4. The van der Waals surface area contributed by atoms with E-state index in [1.807, 2.05) is 19.9 Å². The minimum atomic E-state index is -1.46. The number of hydrogen-bond acceptors (Lipinski definition) is 5. The highest BCUT2D eigenvalue weighted by molar-refractivity contribution is 6.31. The molecule has 3 aliphatic heterocycles. The summed E-state index contributed by atoms with van der Waals surface area (Å²) in [7, 11) is 0. The van der Waals surface area contributed by atoms with Gasteiger partial charge in [-0.05, 0) is 36.6 Å². The fourth-order valence-electron chi connectivity index (χ4n) is 5.52. The van der Waals surface area contributed by atoms with Crippen LogP contribution in [0.1, 0.15) is 28.7 Å². The Hall–Kier alpha value is -3.23. The lowest BCUT2D eigenvalue weighted by molar-refractivity contribution is -0.143. The van der Waals surface area contributed by atoms with Gasteiger partial charge in [0.05, 0.1) is 18.4 Å². The Morgan fingerprint density at radius 1 is 1.12 bits per heavy atom. The van der Waals surface area contributed by atoms with Crippen molar-refractivity contribution in [1.29, 1.82) is 0 Å². The largest absolute Gasteiger partial charge is 0.370 e. The molecule has 170 valence electrons. The minimum absolute atomic E-state index is 0.00882. The van der Waals surface area contributed by atoms with Crippen LogP contribution in [0.3, 0.4) is 0 Å². The molecule has 1 spiro atoms. The summed E-state index contributed by atoms with van der Waals surface area (Å²) >= 11 is 6.27. The summed E-state index contributed by atoms with van der Waals surface area (Å²) < 4.78 is 0. The van der Waals surface area contributed by atoms with Crippen LogP contribution >= 0.6 is 11.6 Å². The van der Waals surface area contributed by atoms with Gasteiger partial charge in [-0.3, -0.25) is 29.4 Å². The Morgan fingerprint density at radius 3 is 2.55 bits per heavy atom. The topological polar surface area (TPSA) is 122 Å². The van der Waals surface area contributed by atoms with Crippen molar-refractivity contribution in [2.45, 2.75) is 38.4 Å². The fraction of sp³-hybridized carbons (Fsp3) is 0.333. The van der Waals surface area contributed by atoms with E-state index in [0.717, 1.165) is 16.0 Å². The maximum absolute atomic E-state index is 13.7. The summed E-state index contributed by atoms with van der Waals surface area (Å²) in [4.78, 5) is 53.7. The number of primary amides is 1. The number of benzene rings is 2. The quantitative estimate of drug-likeness (QED) is 0.593.